The molecule has 9 heteroatoms. The van der Waals surface area contributed by atoms with Gasteiger partial charge in [0.1, 0.15) is 11.4 Å². The molecule has 0 fully saturated rings. The van der Waals surface area contributed by atoms with E-state index in [1.54, 1.807) is 14.2 Å². The topological polar surface area (TPSA) is 84.4 Å². The monoisotopic (exact) mass is 536 g/mol. The summed E-state index contributed by atoms with van der Waals surface area (Å²) in [4.78, 5) is 18.1. The number of hydrogen-bond acceptors (Lipinski definition) is 5. The average molecular weight is 536 g/mol. The molecule has 8 nitrogen and oxygen atoms in total. The lowest BCUT2D eigenvalue weighted by atomic mass is 10.2. The number of nitrogens with one attached hydrogen (secondary N) is 2. The molecule has 30 heavy (non-hydrogen) atoms. The van der Waals surface area contributed by atoms with Crippen molar-refractivity contribution in [2.24, 2.45) is 4.99 Å². The number of ether oxygens (including phenoxy) is 3. The standard InChI is InChI=1S/C21H36N4O4.HI/c1-7-22-19(23-12-13-25(5)20(26)29-21(2,3)4)24-17-10-8-11-18(16-17)28-15-9-14-27-6;/h8,10-11,16H,7,9,12-15H2,1-6H3,(H2,22,23,24);1H. The number of halogens is 1. The molecule has 0 aliphatic heterocycles. The summed E-state index contributed by atoms with van der Waals surface area (Å²) in [6, 6.07) is 7.71. The second-order valence-electron chi connectivity index (χ2n) is 7.51. The Kier molecular flexibility index (Phi) is 14.2. The Hall–Kier alpha value is -1.75. The minimum absolute atomic E-state index is 0. The van der Waals surface area contributed by atoms with Gasteiger partial charge in [-0.25, -0.2) is 4.79 Å². The summed E-state index contributed by atoms with van der Waals surface area (Å²) < 4.78 is 16.1. The van der Waals surface area contributed by atoms with E-state index in [0.29, 0.717) is 32.3 Å². The molecule has 0 aliphatic rings. The highest BCUT2D eigenvalue weighted by Crippen LogP contribution is 2.17. The van der Waals surface area contributed by atoms with Crippen molar-refractivity contribution in [3.63, 3.8) is 0 Å². The molecule has 1 aromatic rings. The van der Waals surface area contributed by atoms with E-state index >= 15 is 0 Å². The van der Waals surface area contributed by atoms with Gasteiger partial charge in [-0.3, -0.25) is 4.99 Å². The van der Waals surface area contributed by atoms with Crippen molar-refractivity contribution in [1.82, 2.24) is 10.2 Å². The number of amides is 1. The van der Waals surface area contributed by atoms with Crippen LogP contribution in [0.15, 0.2) is 29.3 Å². The smallest absolute Gasteiger partial charge is 0.410 e. The maximum atomic E-state index is 12.0. The van der Waals surface area contributed by atoms with Crippen LogP contribution in [0.4, 0.5) is 10.5 Å². The molecule has 0 unspecified atom stereocenters. The van der Waals surface area contributed by atoms with Gasteiger partial charge in [0, 0.05) is 52.0 Å². The van der Waals surface area contributed by atoms with Gasteiger partial charge in [0.25, 0.3) is 0 Å². The molecule has 1 aromatic carbocycles. The third kappa shape index (κ3) is 12.7. The molecular formula is C21H37IN4O4. The largest absolute Gasteiger partial charge is 0.493 e. The normalized spacial score (nSPS) is 11.3. The van der Waals surface area contributed by atoms with E-state index in [0.717, 1.165) is 24.4 Å². The maximum Gasteiger partial charge on any atom is 0.410 e. The predicted molar refractivity (Wildman–Crippen MR) is 132 cm³/mol. The lowest BCUT2D eigenvalue weighted by Gasteiger charge is -2.24. The number of carbonyl (C=O) groups excluding carboxylic acids is 1. The van der Waals surface area contributed by atoms with Crippen molar-refractivity contribution in [3.05, 3.63) is 24.3 Å². The molecular weight excluding hydrogens is 499 g/mol. The molecule has 1 rings (SSSR count). The SMILES string of the molecule is CCNC(=NCCN(C)C(=O)OC(C)(C)C)Nc1cccc(OCCCOC)c1.I. The second-order valence-corrected chi connectivity index (χ2v) is 7.51. The summed E-state index contributed by atoms with van der Waals surface area (Å²) in [6.45, 7) is 10.4. The van der Waals surface area contributed by atoms with Crippen molar-refractivity contribution in [3.8, 4) is 5.75 Å². The molecule has 0 bridgehead atoms. The first-order chi connectivity index (χ1) is 13.7. The number of guanidine groups is 1. The Bertz CT molecular complexity index is 650. The first-order valence-electron chi connectivity index (χ1n) is 9.96. The van der Waals surface area contributed by atoms with Gasteiger partial charge in [-0.2, -0.15) is 0 Å². The summed E-state index contributed by atoms with van der Waals surface area (Å²) in [5, 5.41) is 6.46. The summed E-state index contributed by atoms with van der Waals surface area (Å²) in [6.07, 6.45) is 0.479. The third-order valence-electron chi connectivity index (χ3n) is 3.61. The molecule has 2 N–H and O–H groups in total. The zero-order valence-corrected chi connectivity index (χ0v) is 21.3. The fourth-order valence-corrected chi connectivity index (χ4v) is 2.24. The zero-order valence-electron chi connectivity index (χ0n) is 19.0. The van der Waals surface area contributed by atoms with Crippen LogP contribution < -0.4 is 15.4 Å². The first kappa shape index (κ1) is 28.2. The Labute approximate surface area is 197 Å². The van der Waals surface area contributed by atoms with Gasteiger partial charge in [-0.05, 0) is 39.8 Å². The molecule has 0 heterocycles. The second kappa shape index (κ2) is 15.1. The van der Waals surface area contributed by atoms with Crippen molar-refractivity contribution in [1.29, 1.82) is 0 Å². The molecule has 0 spiro atoms. The third-order valence-corrected chi connectivity index (χ3v) is 3.61. The van der Waals surface area contributed by atoms with Crippen molar-refractivity contribution >= 4 is 41.7 Å². The van der Waals surface area contributed by atoms with Crippen LogP contribution in [-0.2, 0) is 9.47 Å². The number of carbonyl (C=O) groups is 1. The molecule has 0 atom stereocenters. The summed E-state index contributed by atoms with van der Waals surface area (Å²) in [7, 11) is 3.38. The van der Waals surface area contributed by atoms with Gasteiger partial charge in [-0.15, -0.1) is 24.0 Å². The van der Waals surface area contributed by atoms with Gasteiger partial charge in [0.2, 0.25) is 0 Å². The Morgan fingerprint density at radius 2 is 1.97 bits per heavy atom. The van der Waals surface area contributed by atoms with E-state index in [1.165, 1.54) is 4.90 Å². The van der Waals surface area contributed by atoms with Gasteiger partial charge in [-0.1, -0.05) is 6.07 Å². The number of likely N-dealkylation sites (N-methyl/N-ethyl adjacent to an activating group) is 1. The van der Waals surface area contributed by atoms with E-state index in [2.05, 4.69) is 15.6 Å². The number of methoxy groups -OCH3 is 1. The Morgan fingerprint density at radius 1 is 1.23 bits per heavy atom. The van der Waals surface area contributed by atoms with Gasteiger partial charge in [0.15, 0.2) is 5.96 Å². The lowest BCUT2D eigenvalue weighted by Crippen LogP contribution is -2.36. The highest BCUT2D eigenvalue weighted by molar-refractivity contribution is 14.0. The Balaban J connectivity index is 0.00000841. The lowest BCUT2D eigenvalue weighted by molar-refractivity contribution is 0.0304. The number of aliphatic imine (C=N–C) groups is 1. The van der Waals surface area contributed by atoms with Crippen LogP contribution in [0.5, 0.6) is 5.75 Å². The Morgan fingerprint density at radius 3 is 2.60 bits per heavy atom. The molecule has 0 saturated heterocycles. The van der Waals surface area contributed by atoms with Gasteiger partial charge >= 0.3 is 6.09 Å². The molecule has 172 valence electrons. The minimum Gasteiger partial charge on any atom is -0.493 e. The van der Waals surface area contributed by atoms with Crippen LogP contribution in [-0.4, -0.2) is 69.6 Å². The van der Waals surface area contributed by atoms with Crippen LogP contribution in [0.25, 0.3) is 0 Å². The van der Waals surface area contributed by atoms with Gasteiger partial charge < -0.3 is 29.7 Å². The quantitative estimate of drug-likeness (QED) is 0.204. The maximum absolute atomic E-state index is 12.0. The summed E-state index contributed by atoms with van der Waals surface area (Å²) >= 11 is 0. The fourth-order valence-electron chi connectivity index (χ4n) is 2.24. The van der Waals surface area contributed by atoms with Crippen LogP contribution >= 0.6 is 24.0 Å². The van der Waals surface area contributed by atoms with Crippen LogP contribution in [0.1, 0.15) is 34.1 Å². The van der Waals surface area contributed by atoms with E-state index in [4.69, 9.17) is 14.2 Å². The van der Waals surface area contributed by atoms with Crippen LogP contribution in [0, 0.1) is 0 Å². The van der Waals surface area contributed by atoms with Crippen molar-refractivity contribution in [2.45, 2.75) is 39.7 Å². The van der Waals surface area contributed by atoms with E-state index in [9.17, 15) is 4.79 Å². The summed E-state index contributed by atoms with van der Waals surface area (Å²) in [5.41, 5.74) is 0.358. The minimum atomic E-state index is -0.512. The molecule has 0 aromatic heterocycles. The van der Waals surface area contributed by atoms with E-state index < -0.39 is 5.60 Å². The zero-order chi connectivity index (χ0) is 21.7. The van der Waals surface area contributed by atoms with E-state index in [-0.39, 0.29) is 30.1 Å². The van der Waals surface area contributed by atoms with Crippen LogP contribution in [0.3, 0.4) is 0 Å². The highest BCUT2D eigenvalue weighted by atomic mass is 127. The predicted octanol–water partition coefficient (Wildman–Crippen LogP) is 3.96. The molecule has 0 saturated carbocycles. The summed E-state index contributed by atoms with van der Waals surface area (Å²) in [5.74, 6) is 1.42. The first-order valence-corrected chi connectivity index (χ1v) is 9.96. The van der Waals surface area contributed by atoms with Gasteiger partial charge in [0.05, 0.1) is 13.2 Å². The number of anilines is 1. The van der Waals surface area contributed by atoms with E-state index in [1.807, 2.05) is 52.0 Å². The number of rotatable bonds is 10. The van der Waals surface area contributed by atoms with Crippen LogP contribution in [0.2, 0.25) is 0 Å². The van der Waals surface area contributed by atoms with Crippen molar-refractivity contribution in [2.75, 3.05) is 52.3 Å². The number of benzene rings is 1. The molecule has 1 amide bonds. The number of hydrogen-bond donors (Lipinski definition) is 2. The highest BCUT2D eigenvalue weighted by Gasteiger charge is 2.19. The fraction of sp³-hybridized carbons (Fsp3) is 0.619. The number of nitrogens with zero attached hydrogens (tertiary/aromatic N) is 2. The average Bonchev–Trinajstić information content (AvgIpc) is 2.64. The molecule has 0 aliphatic carbocycles. The van der Waals surface area contributed by atoms with Crippen molar-refractivity contribution < 1.29 is 19.0 Å². The molecule has 0 radical (unpaired) electrons.